The molecule has 0 spiro atoms. The third-order valence-electron chi connectivity index (χ3n) is 6.94. The predicted octanol–water partition coefficient (Wildman–Crippen LogP) is 2.09. The van der Waals surface area contributed by atoms with Crippen molar-refractivity contribution in [3.05, 3.63) is 29.3 Å². The van der Waals surface area contributed by atoms with Crippen molar-refractivity contribution in [1.82, 2.24) is 14.5 Å². The van der Waals surface area contributed by atoms with E-state index in [1.54, 1.807) is 11.0 Å². The molecule has 31 heavy (non-hydrogen) atoms. The van der Waals surface area contributed by atoms with Gasteiger partial charge in [-0.05, 0) is 61.8 Å². The quantitative estimate of drug-likeness (QED) is 0.749. The van der Waals surface area contributed by atoms with Gasteiger partial charge in [-0.25, -0.2) is 8.42 Å². The van der Waals surface area contributed by atoms with Crippen molar-refractivity contribution < 1.29 is 18.0 Å². The molecule has 1 aromatic rings. The maximum Gasteiger partial charge on any atom is 0.243 e. The van der Waals surface area contributed by atoms with E-state index < -0.39 is 10.0 Å². The van der Waals surface area contributed by atoms with Crippen LogP contribution in [0.1, 0.15) is 56.1 Å². The Kier molecular flexibility index (Phi) is 6.96. The van der Waals surface area contributed by atoms with Gasteiger partial charge in [-0.2, -0.15) is 4.31 Å². The minimum Gasteiger partial charge on any atom is -0.347 e. The predicted molar refractivity (Wildman–Crippen MR) is 118 cm³/mol. The lowest BCUT2D eigenvalue weighted by molar-refractivity contribution is -0.135. The van der Waals surface area contributed by atoms with Crippen molar-refractivity contribution in [2.75, 3.05) is 32.7 Å². The molecular formula is C23H33N3O4S. The van der Waals surface area contributed by atoms with Gasteiger partial charge in [0.15, 0.2) is 0 Å². The molecule has 2 fully saturated rings. The average molecular weight is 448 g/mol. The van der Waals surface area contributed by atoms with Crippen molar-refractivity contribution in [2.24, 2.45) is 5.92 Å². The highest BCUT2D eigenvalue weighted by Crippen LogP contribution is 2.26. The van der Waals surface area contributed by atoms with Gasteiger partial charge >= 0.3 is 0 Å². The fourth-order valence-electron chi connectivity index (χ4n) is 4.98. The summed E-state index contributed by atoms with van der Waals surface area (Å²) in [5.74, 6) is -0.142. The standard InChI is InChI=1S/C23H33N3O4S/c27-22(17-24-23(28)19-7-2-1-3-8-19)25-12-14-26(15-13-25)31(29,30)21-11-10-18-6-4-5-9-20(18)16-21/h10-11,16,19H,1-9,12-15,17H2,(H,24,28). The summed E-state index contributed by atoms with van der Waals surface area (Å²) in [6, 6.07) is 5.51. The lowest BCUT2D eigenvalue weighted by atomic mass is 9.89. The van der Waals surface area contributed by atoms with Gasteiger partial charge in [0.1, 0.15) is 0 Å². The molecule has 8 heteroatoms. The van der Waals surface area contributed by atoms with E-state index in [1.165, 1.54) is 16.3 Å². The van der Waals surface area contributed by atoms with Crippen LogP contribution in [0.15, 0.2) is 23.1 Å². The number of amides is 2. The number of carbonyl (C=O) groups excluding carboxylic acids is 2. The minimum atomic E-state index is -3.56. The van der Waals surface area contributed by atoms with Gasteiger partial charge in [0.25, 0.3) is 0 Å². The zero-order valence-electron chi connectivity index (χ0n) is 18.1. The summed E-state index contributed by atoms with van der Waals surface area (Å²) in [6.45, 7) is 1.25. The molecule has 1 aromatic carbocycles. The highest BCUT2D eigenvalue weighted by atomic mass is 32.2. The maximum absolute atomic E-state index is 13.1. The van der Waals surface area contributed by atoms with Crippen LogP contribution < -0.4 is 5.32 Å². The van der Waals surface area contributed by atoms with E-state index in [4.69, 9.17) is 0 Å². The zero-order chi connectivity index (χ0) is 21.8. The van der Waals surface area contributed by atoms with Crippen LogP contribution in [0, 0.1) is 5.92 Å². The van der Waals surface area contributed by atoms with Gasteiger partial charge in [-0.3, -0.25) is 9.59 Å². The van der Waals surface area contributed by atoms with E-state index >= 15 is 0 Å². The number of aryl methyl sites for hydroxylation is 2. The Morgan fingerprint density at radius 3 is 2.29 bits per heavy atom. The molecule has 3 aliphatic rings. The third-order valence-corrected chi connectivity index (χ3v) is 8.83. The van der Waals surface area contributed by atoms with Gasteiger partial charge in [-0.1, -0.05) is 25.3 Å². The number of carbonyl (C=O) groups is 2. The normalized spacial score (nSPS) is 20.8. The van der Waals surface area contributed by atoms with Gasteiger partial charge in [0.2, 0.25) is 21.8 Å². The number of nitrogens with one attached hydrogen (secondary N) is 1. The molecular weight excluding hydrogens is 414 g/mol. The number of nitrogens with zero attached hydrogens (tertiary/aromatic N) is 2. The van der Waals surface area contributed by atoms with Crippen LogP contribution in [0.3, 0.4) is 0 Å². The van der Waals surface area contributed by atoms with Gasteiger partial charge in [0.05, 0.1) is 11.4 Å². The molecule has 0 bridgehead atoms. The van der Waals surface area contributed by atoms with E-state index in [9.17, 15) is 18.0 Å². The van der Waals surface area contributed by atoms with Crippen LogP contribution in [-0.2, 0) is 32.5 Å². The molecule has 7 nitrogen and oxygen atoms in total. The molecule has 2 aliphatic carbocycles. The monoisotopic (exact) mass is 447 g/mol. The van der Waals surface area contributed by atoms with E-state index in [-0.39, 0.29) is 37.4 Å². The molecule has 2 amide bonds. The minimum absolute atomic E-state index is 0.00704. The molecule has 0 aromatic heterocycles. The van der Waals surface area contributed by atoms with E-state index in [0.29, 0.717) is 18.0 Å². The fraction of sp³-hybridized carbons (Fsp3) is 0.652. The van der Waals surface area contributed by atoms with E-state index in [2.05, 4.69) is 5.32 Å². The molecule has 1 saturated carbocycles. The summed E-state index contributed by atoms with van der Waals surface area (Å²) in [4.78, 5) is 26.8. The van der Waals surface area contributed by atoms with Crippen LogP contribution in [0.25, 0.3) is 0 Å². The molecule has 1 aliphatic heterocycles. The Morgan fingerprint density at radius 1 is 0.903 bits per heavy atom. The highest BCUT2D eigenvalue weighted by molar-refractivity contribution is 7.89. The molecule has 0 radical (unpaired) electrons. The number of rotatable bonds is 5. The van der Waals surface area contributed by atoms with Crippen LogP contribution in [0.4, 0.5) is 0 Å². The average Bonchev–Trinajstić information content (AvgIpc) is 2.82. The number of hydrogen-bond acceptors (Lipinski definition) is 4. The molecule has 170 valence electrons. The van der Waals surface area contributed by atoms with Gasteiger partial charge in [0, 0.05) is 32.1 Å². The van der Waals surface area contributed by atoms with Crippen LogP contribution in [-0.4, -0.2) is 62.2 Å². The van der Waals surface area contributed by atoms with Crippen LogP contribution >= 0.6 is 0 Å². The fourth-order valence-corrected chi connectivity index (χ4v) is 6.45. The number of benzene rings is 1. The smallest absolute Gasteiger partial charge is 0.243 e. The summed E-state index contributed by atoms with van der Waals surface area (Å²) in [6.07, 6.45) is 9.37. The largest absolute Gasteiger partial charge is 0.347 e. The zero-order valence-corrected chi connectivity index (χ0v) is 19.0. The molecule has 0 atom stereocenters. The van der Waals surface area contributed by atoms with E-state index in [0.717, 1.165) is 56.9 Å². The Labute approximate surface area is 185 Å². The first kappa shape index (κ1) is 22.3. The van der Waals surface area contributed by atoms with Gasteiger partial charge < -0.3 is 10.2 Å². The van der Waals surface area contributed by atoms with Crippen molar-refractivity contribution in [2.45, 2.75) is 62.7 Å². The van der Waals surface area contributed by atoms with E-state index in [1.807, 2.05) is 12.1 Å². The lowest BCUT2D eigenvalue weighted by Gasteiger charge is -2.34. The topological polar surface area (TPSA) is 86.8 Å². The first-order valence-electron chi connectivity index (χ1n) is 11.6. The van der Waals surface area contributed by atoms with Crippen molar-refractivity contribution >= 4 is 21.8 Å². The summed E-state index contributed by atoms with van der Waals surface area (Å²) in [5.41, 5.74) is 2.41. The van der Waals surface area contributed by atoms with Crippen molar-refractivity contribution in [3.8, 4) is 0 Å². The number of piperazine rings is 1. The summed E-state index contributed by atoms with van der Waals surface area (Å²) in [7, 11) is -3.56. The van der Waals surface area contributed by atoms with Gasteiger partial charge in [-0.15, -0.1) is 0 Å². The summed E-state index contributed by atoms with van der Waals surface area (Å²) < 4.78 is 27.7. The number of hydrogen-bond donors (Lipinski definition) is 1. The SMILES string of the molecule is O=C(NCC(=O)N1CCN(S(=O)(=O)c2ccc3c(c2)CCCC3)CC1)C1CCCCC1. The maximum atomic E-state index is 13.1. The molecule has 1 saturated heterocycles. The number of fused-ring (bicyclic) bond motifs is 1. The summed E-state index contributed by atoms with van der Waals surface area (Å²) >= 11 is 0. The van der Waals surface area contributed by atoms with Crippen LogP contribution in [0.5, 0.6) is 0 Å². The second kappa shape index (κ2) is 9.69. The van der Waals surface area contributed by atoms with Crippen molar-refractivity contribution in [3.63, 3.8) is 0 Å². The van der Waals surface area contributed by atoms with Crippen molar-refractivity contribution in [1.29, 1.82) is 0 Å². The second-order valence-electron chi connectivity index (χ2n) is 8.98. The third kappa shape index (κ3) is 5.12. The number of sulfonamides is 1. The second-order valence-corrected chi connectivity index (χ2v) is 10.9. The molecule has 4 rings (SSSR count). The van der Waals surface area contributed by atoms with Crippen LogP contribution in [0.2, 0.25) is 0 Å². The Balaban J connectivity index is 1.29. The first-order chi connectivity index (χ1) is 14.9. The Hall–Kier alpha value is -1.93. The Morgan fingerprint density at radius 2 is 1.58 bits per heavy atom. The molecule has 1 heterocycles. The first-order valence-corrected chi connectivity index (χ1v) is 13.1. The Bertz CT molecular complexity index is 917. The highest BCUT2D eigenvalue weighted by Gasteiger charge is 2.31. The molecule has 0 unspecified atom stereocenters. The molecule has 1 N–H and O–H groups in total. The summed E-state index contributed by atoms with van der Waals surface area (Å²) in [5, 5.41) is 2.78. The lowest BCUT2D eigenvalue weighted by Crippen LogP contribution is -2.52.